The minimum absolute atomic E-state index is 0.0518. The first kappa shape index (κ1) is 16.1. The number of carbonyl (C=O) groups is 2. The second-order valence-electron chi connectivity index (χ2n) is 5.65. The smallest absolute Gasteiger partial charge is 0.255 e. The predicted octanol–water partition coefficient (Wildman–Crippen LogP) is 3.45. The Morgan fingerprint density at radius 2 is 1.54 bits per heavy atom. The van der Waals surface area contributed by atoms with Crippen molar-refractivity contribution < 1.29 is 18.4 Å². The Balaban J connectivity index is 1.70. The summed E-state index contributed by atoms with van der Waals surface area (Å²) in [5.74, 6) is -2.14. The topological polar surface area (TPSA) is 49.4 Å². The molecule has 1 aliphatic rings. The highest BCUT2D eigenvalue weighted by Gasteiger charge is 2.19. The monoisotopic (exact) mass is 330 g/mol. The number of amides is 2. The van der Waals surface area contributed by atoms with Gasteiger partial charge < -0.3 is 10.2 Å². The summed E-state index contributed by atoms with van der Waals surface area (Å²) in [6.07, 6.45) is 2.02. The molecule has 1 heterocycles. The highest BCUT2D eigenvalue weighted by molar-refractivity contribution is 6.05. The first-order valence-corrected chi connectivity index (χ1v) is 7.70. The molecule has 2 aromatic rings. The molecular formula is C18H16F2N2O2. The van der Waals surface area contributed by atoms with Crippen LogP contribution in [0.3, 0.4) is 0 Å². The number of nitrogens with zero attached hydrogens (tertiary/aromatic N) is 1. The molecule has 0 unspecified atom stereocenters. The van der Waals surface area contributed by atoms with Gasteiger partial charge in [-0.15, -0.1) is 0 Å². The van der Waals surface area contributed by atoms with Gasteiger partial charge in [0, 0.05) is 30.3 Å². The summed E-state index contributed by atoms with van der Waals surface area (Å²) in [5.41, 5.74) is 0.705. The van der Waals surface area contributed by atoms with E-state index >= 15 is 0 Å². The summed E-state index contributed by atoms with van der Waals surface area (Å²) in [4.78, 5) is 26.1. The molecule has 0 aliphatic carbocycles. The maximum Gasteiger partial charge on any atom is 0.255 e. The number of benzene rings is 2. The van der Waals surface area contributed by atoms with Gasteiger partial charge in [0.15, 0.2) is 0 Å². The van der Waals surface area contributed by atoms with Crippen molar-refractivity contribution in [2.45, 2.75) is 12.8 Å². The molecule has 124 valence electrons. The fraction of sp³-hybridized carbons (Fsp3) is 0.222. The van der Waals surface area contributed by atoms with Crippen LogP contribution in [0.15, 0.2) is 42.5 Å². The molecule has 0 atom stereocenters. The molecule has 0 spiro atoms. The molecule has 0 bridgehead atoms. The molecule has 1 fully saturated rings. The Morgan fingerprint density at radius 3 is 2.17 bits per heavy atom. The average Bonchev–Trinajstić information content (AvgIpc) is 3.11. The lowest BCUT2D eigenvalue weighted by molar-refractivity contribution is 0.0792. The number of rotatable bonds is 3. The maximum atomic E-state index is 13.6. The van der Waals surface area contributed by atoms with Gasteiger partial charge in [0.2, 0.25) is 0 Å². The van der Waals surface area contributed by atoms with Crippen LogP contribution in [0.25, 0.3) is 0 Å². The first-order chi connectivity index (χ1) is 11.5. The van der Waals surface area contributed by atoms with Crippen LogP contribution in [0.4, 0.5) is 14.5 Å². The van der Waals surface area contributed by atoms with Gasteiger partial charge in [-0.1, -0.05) is 0 Å². The fourth-order valence-electron chi connectivity index (χ4n) is 2.65. The Bertz CT molecular complexity index is 769. The quantitative estimate of drug-likeness (QED) is 0.937. The predicted molar refractivity (Wildman–Crippen MR) is 85.9 cm³/mol. The lowest BCUT2D eigenvalue weighted by Gasteiger charge is -2.15. The second kappa shape index (κ2) is 6.78. The molecule has 0 saturated carbocycles. The Kier molecular flexibility index (Phi) is 4.55. The van der Waals surface area contributed by atoms with Gasteiger partial charge in [0.05, 0.1) is 5.69 Å². The molecule has 2 aromatic carbocycles. The number of carbonyl (C=O) groups excluding carboxylic acids is 2. The van der Waals surface area contributed by atoms with Gasteiger partial charge in [-0.05, 0) is 49.2 Å². The maximum absolute atomic E-state index is 13.6. The number of hydrogen-bond acceptors (Lipinski definition) is 2. The molecule has 1 saturated heterocycles. The molecule has 1 aliphatic heterocycles. The van der Waals surface area contributed by atoms with E-state index in [-0.39, 0.29) is 17.2 Å². The molecule has 3 rings (SSSR count). The second-order valence-corrected chi connectivity index (χ2v) is 5.65. The van der Waals surface area contributed by atoms with E-state index in [2.05, 4.69) is 5.32 Å². The minimum atomic E-state index is -0.843. The lowest BCUT2D eigenvalue weighted by Crippen LogP contribution is -2.27. The van der Waals surface area contributed by atoms with E-state index in [4.69, 9.17) is 0 Å². The van der Waals surface area contributed by atoms with Crippen LogP contribution in [0.5, 0.6) is 0 Å². The highest BCUT2D eigenvalue weighted by atomic mass is 19.1. The Labute approximate surface area is 138 Å². The third-order valence-electron chi connectivity index (χ3n) is 3.97. The van der Waals surface area contributed by atoms with E-state index in [1.165, 1.54) is 12.1 Å². The molecule has 4 nitrogen and oxygen atoms in total. The van der Waals surface area contributed by atoms with Gasteiger partial charge in [0.25, 0.3) is 11.8 Å². The molecular weight excluding hydrogens is 314 g/mol. The van der Waals surface area contributed by atoms with Crippen molar-refractivity contribution >= 4 is 17.5 Å². The van der Waals surface area contributed by atoms with Crippen LogP contribution in [0.2, 0.25) is 0 Å². The van der Waals surface area contributed by atoms with Crippen molar-refractivity contribution in [3.8, 4) is 0 Å². The summed E-state index contributed by atoms with van der Waals surface area (Å²) in [6, 6.07) is 9.12. The van der Waals surface area contributed by atoms with Crippen molar-refractivity contribution in [1.29, 1.82) is 0 Å². The van der Waals surface area contributed by atoms with Crippen LogP contribution in [0, 0.1) is 11.6 Å². The number of halogens is 2. The van der Waals surface area contributed by atoms with Gasteiger partial charge >= 0.3 is 0 Å². The van der Waals surface area contributed by atoms with E-state index in [1.807, 2.05) is 0 Å². The zero-order chi connectivity index (χ0) is 17.1. The van der Waals surface area contributed by atoms with Gasteiger partial charge in [-0.2, -0.15) is 0 Å². The normalized spacial score (nSPS) is 13.8. The number of nitrogens with one attached hydrogen (secondary N) is 1. The third-order valence-corrected chi connectivity index (χ3v) is 3.97. The van der Waals surface area contributed by atoms with Crippen molar-refractivity contribution in [3.63, 3.8) is 0 Å². The summed E-state index contributed by atoms with van der Waals surface area (Å²) >= 11 is 0. The zero-order valence-electron chi connectivity index (χ0n) is 12.9. The van der Waals surface area contributed by atoms with Crippen LogP contribution in [-0.4, -0.2) is 29.8 Å². The largest absolute Gasteiger partial charge is 0.339 e. The highest BCUT2D eigenvalue weighted by Crippen LogP contribution is 2.17. The summed E-state index contributed by atoms with van der Waals surface area (Å²) < 4.78 is 26.4. The van der Waals surface area contributed by atoms with Crippen molar-refractivity contribution in [3.05, 3.63) is 65.2 Å². The first-order valence-electron chi connectivity index (χ1n) is 7.70. The van der Waals surface area contributed by atoms with Crippen LogP contribution >= 0.6 is 0 Å². The van der Waals surface area contributed by atoms with Crippen molar-refractivity contribution in [1.82, 2.24) is 4.90 Å². The zero-order valence-corrected chi connectivity index (χ0v) is 12.9. The molecule has 0 aromatic heterocycles. The Hall–Kier alpha value is -2.76. The van der Waals surface area contributed by atoms with E-state index < -0.39 is 17.5 Å². The van der Waals surface area contributed by atoms with E-state index in [0.29, 0.717) is 11.6 Å². The summed E-state index contributed by atoms with van der Waals surface area (Å²) in [6.45, 7) is 1.51. The van der Waals surface area contributed by atoms with Crippen LogP contribution < -0.4 is 5.32 Å². The molecule has 24 heavy (non-hydrogen) atoms. The van der Waals surface area contributed by atoms with Gasteiger partial charge in [0.1, 0.15) is 11.6 Å². The number of anilines is 1. The summed E-state index contributed by atoms with van der Waals surface area (Å²) in [5, 5.41) is 2.38. The lowest BCUT2D eigenvalue weighted by atomic mass is 10.1. The van der Waals surface area contributed by atoms with Gasteiger partial charge in [-0.25, -0.2) is 8.78 Å². The minimum Gasteiger partial charge on any atom is -0.339 e. The number of hydrogen-bond donors (Lipinski definition) is 1. The third kappa shape index (κ3) is 3.42. The molecule has 0 radical (unpaired) electrons. The van der Waals surface area contributed by atoms with Crippen LogP contribution in [-0.2, 0) is 0 Å². The van der Waals surface area contributed by atoms with E-state index in [1.54, 1.807) is 17.0 Å². The van der Waals surface area contributed by atoms with Gasteiger partial charge in [-0.3, -0.25) is 9.59 Å². The number of likely N-dealkylation sites (tertiary alicyclic amines) is 1. The standard InChI is InChI=1S/C18H16F2N2O2/c19-14-7-8-16(15(20)11-14)21-17(23)12-3-5-13(6-4-12)18(24)22-9-1-2-10-22/h3-8,11H,1-2,9-10H2,(H,21,23). The molecule has 1 N–H and O–H groups in total. The van der Waals surface area contributed by atoms with E-state index in [9.17, 15) is 18.4 Å². The van der Waals surface area contributed by atoms with Crippen molar-refractivity contribution in [2.24, 2.45) is 0 Å². The molecule has 2 amide bonds. The fourth-order valence-corrected chi connectivity index (χ4v) is 2.65. The Morgan fingerprint density at radius 1 is 0.917 bits per heavy atom. The van der Waals surface area contributed by atoms with Crippen molar-refractivity contribution in [2.75, 3.05) is 18.4 Å². The molecule has 6 heteroatoms. The summed E-state index contributed by atoms with van der Waals surface area (Å²) in [7, 11) is 0. The van der Waals surface area contributed by atoms with E-state index in [0.717, 1.165) is 38.1 Å². The SMILES string of the molecule is O=C(Nc1ccc(F)cc1F)c1ccc(C(=O)N2CCCC2)cc1. The average molecular weight is 330 g/mol. The van der Waals surface area contributed by atoms with Crippen LogP contribution in [0.1, 0.15) is 33.6 Å².